The summed E-state index contributed by atoms with van der Waals surface area (Å²) in [6.07, 6.45) is 11.9. The molecule has 1 atom stereocenters. The first-order chi connectivity index (χ1) is 9.69. The van der Waals surface area contributed by atoms with Crippen molar-refractivity contribution in [1.29, 1.82) is 0 Å². The largest absolute Gasteiger partial charge is 0.354 e. The van der Waals surface area contributed by atoms with Gasteiger partial charge in [-0.2, -0.15) is 0 Å². The van der Waals surface area contributed by atoms with E-state index in [-0.39, 0.29) is 5.78 Å². The van der Waals surface area contributed by atoms with Crippen molar-refractivity contribution in [3.63, 3.8) is 0 Å². The molecule has 3 nitrogen and oxygen atoms in total. The number of carbonyl (C=O) groups is 1. The number of aromatic nitrogens is 1. The maximum absolute atomic E-state index is 11.8. The summed E-state index contributed by atoms with van der Waals surface area (Å²) in [5.74, 6) is 0.728. The molecule has 20 heavy (non-hydrogen) atoms. The molecule has 0 bridgehead atoms. The first-order valence-electron chi connectivity index (χ1n) is 7.57. The van der Waals surface area contributed by atoms with E-state index in [2.05, 4.69) is 41.9 Å². The van der Waals surface area contributed by atoms with Gasteiger partial charge in [-0.3, -0.25) is 9.79 Å². The molecular weight excluding hydrogens is 248 g/mol. The van der Waals surface area contributed by atoms with Crippen LogP contribution in [-0.2, 0) is 17.8 Å². The van der Waals surface area contributed by atoms with Gasteiger partial charge in [-0.1, -0.05) is 19.9 Å². The highest BCUT2D eigenvalue weighted by molar-refractivity contribution is 6.13. The van der Waals surface area contributed by atoms with E-state index in [1.54, 1.807) is 6.21 Å². The zero-order valence-corrected chi connectivity index (χ0v) is 12.5. The predicted molar refractivity (Wildman–Crippen MR) is 83.3 cm³/mol. The Morgan fingerprint density at radius 1 is 1.50 bits per heavy atom. The Balaban J connectivity index is 1.73. The minimum atomic E-state index is 0.241. The van der Waals surface area contributed by atoms with Crippen molar-refractivity contribution in [2.24, 2.45) is 10.9 Å². The van der Waals surface area contributed by atoms with Crippen LogP contribution in [0.5, 0.6) is 0 Å². The minimum absolute atomic E-state index is 0.241. The number of ketones is 1. The highest BCUT2D eigenvalue weighted by Crippen LogP contribution is 2.18. The molecule has 0 radical (unpaired) electrons. The summed E-state index contributed by atoms with van der Waals surface area (Å²) < 4.78 is 2.21. The molecule has 0 spiro atoms. The second-order valence-electron chi connectivity index (χ2n) is 5.63. The fraction of sp³-hybridized carbons (Fsp3) is 0.529. The second-order valence-corrected chi connectivity index (χ2v) is 5.63. The molecule has 1 aromatic heterocycles. The standard InChI is InChI=1S/C17H24N2O/c1-3-15-7-10-19(13-15)9-4-8-18-12-16-6-5-14(2)11-17(16)20/h6-7,10,12-14H,3-5,8-9,11H2,1-2H3. The van der Waals surface area contributed by atoms with Gasteiger partial charge in [0.25, 0.3) is 0 Å². The van der Waals surface area contributed by atoms with Crippen molar-refractivity contribution in [1.82, 2.24) is 4.57 Å². The molecule has 0 N–H and O–H groups in total. The van der Waals surface area contributed by atoms with Crippen LogP contribution in [0.15, 0.2) is 35.1 Å². The van der Waals surface area contributed by atoms with Gasteiger partial charge in [-0.05, 0) is 36.8 Å². The van der Waals surface area contributed by atoms with Gasteiger partial charge in [0.15, 0.2) is 5.78 Å². The molecule has 2 rings (SSSR count). The summed E-state index contributed by atoms with van der Waals surface area (Å²) in [6, 6.07) is 2.16. The van der Waals surface area contributed by atoms with Crippen LogP contribution in [0, 0.1) is 5.92 Å². The van der Waals surface area contributed by atoms with Crippen LogP contribution in [-0.4, -0.2) is 23.1 Å². The molecule has 3 heteroatoms. The number of aliphatic imine (C=N–C) groups is 1. The van der Waals surface area contributed by atoms with Gasteiger partial charge >= 0.3 is 0 Å². The highest BCUT2D eigenvalue weighted by Gasteiger charge is 2.16. The van der Waals surface area contributed by atoms with Gasteiger partial charge < -0.3 is 4.57 Å². The summed E-state index contributed by atoms with van der Waals surface area (Å²) in [6.45, 7) is 6.05. The van der Waals surface area contributed by atoms with Gasteiger partial charge in [0.1, 0.15) is 0 Å². The average Bonchev–Trinajstić information content (AvgIpc) is 2.88. The number of hydrogen-bond acceptors (Lipinski definition) is 2. The third-order valence-electron chi connectivity index (χ3n) is 3.75. The Hall–Kier alpha value is -1.64. The molecule has 1 unspecified atom stereocenters. The van der Waals surface area contributed by atoms with Crippen LogP contribution in [0.2, 0.25) is 0 Å². The van der Waals surface area contributed by atoms with Crippen molar-refractivity contribution in [3.05, 3.63) is 35.7 Å². The molecule has 1 aliphatic rings. The molecule has 0 saturated heterocycles. The molecule has 0 saturated carbocycles. The number of Topliss-reactive ketones (excluding diaryl/α,β-unsaturated/α-hetero) is 1. The summed E-state index contributed by atoms with van der Waals surface area (Å²) in [5.41, 5.74) is 2.18. The van der Waals surface area contributed by atoms with E-state index < -0.39 is 0 Å². The SMILES string of the molecule is CCc1ccn(CCCN=CC2=CCC(C)CC2=O)c1. The molecule has 1 heterocycles. The molecule has 0 fully saturated rings. The average molecular weight is 272 g/mol. The van der Waals surface area contributed by atoms with Gasteiger partial charge in [0, 0.05) is 43.7 Å². The molecular formula is C17H24N2O. The lowest BCUT2D eigenvalue weighted by atomic mass is 9.90. The van der Waals surface area contributed by atoms with Crippen molar-refractivity contribution in [2.75, 3.05) is 6.54 Å². The Labute approximate surface area is 121 Å². The summed E-state index contributed by atoms with van der Waals surface area (Å²) in [5, 5.41) is 0. The van der Waals surface area contributed by atoms with Gasteiger partial charge in [-0.15, -0.1) is 0 Å². The van der Waals surface area contributed by atoms with Crippen LogP contribution >= 0.6 is 0 Å². The fourth-order valence-corrected chi connectivity index (χ4v) is 2.43. The van der Waals surface area contributed by atoms with Crippen molar-refractivity contribution in [2.45, 2.75) is 46.1 Å². The molecule has 0 aromatic carbocycles. The minimum Gasteiger partial charge on any atom is -0.354 e. The first-order valence-corrected chi connectivity index (χ1v) is 7.57. The lowest BCUT2D eigenvalue weighted by Gasteiger charge is -2.14. The van der Waals surface area contributed by atoms with Gasteiger partial charge in [-0.25, -0.2) is 0 Å². The smallest absolute Gasteiger partial charge is 0.164 e. The Bertz CT molecular complexity index is 511. The quantitative estimate of drug-likeness (QED) is 0.577. The zero-order chi connectivity index (χ0) is 14.4. The van der Waals surface area contributed by atoms with Crippen molar-refractivity contribution in [3.8, 4) is 0 Å². The zero-order valence-electron chi connectivity index (χ0n) is 12.5. The third kappa shape index (κ3) is 4.19. The Morgan fingerprint density at radius 3 is 3.05 bits per heavy atom. The van der Waals surface area contributed by atoms with Gasteiger partial charge in [0.05, 0.1) is 0 Å². The van der Waals surface area contributed by atoms with E-state index in [1.165, 1.54) is 5.56 Å². The predicted octanol–water partition coefficient (Wildman–Crippen LogP) is 3.44. The first kappa shape index (κ1) is 14.8. The second kappa shape index (κ2) is 7.22. The summed E-state index contributed by atoms with van der Waals surface area (Å²) in [7, 11) is 0. The number of hydrogen-bond donors (Lipinski definition) is 0. The number of nitrogens with zero attached hydrogens (tertiary/aromatic N) is 2. The molecule has 1 aromatic rings. The Kier molecular flexibility index (Phi) is 5.33. The maximum Gasteiger partial charge on any atom is 0.164 e. The van der Waals surface area contributed by atoms with Crippen LogP contribution in [0.3, 0.4) is 0 Å². The summed E-state index contributed by atoms with van der Waals surface area (Å²) in [4.78, 5) is 16.1. The van der Waals surface area contributed by atoms with Crippen molar-refractivity contribution < 1.29 is 4.79 Å². The summed E-state index contributed by atoms with van der Waals surface area (Å²) >= 11 is 0. The third-order valence-corrected chi connectivity index (χ3v) is 3.75. The fourth-order valence-electron chi connectivity index (χ4n) is 2.43. The lowest BCUT2D eigenvalue weighted by Crippen LogP contribution is -2.14. The monoisotopic (exact) mass is 272 g/mol. The van der Waals surface area contributed by atoms with Gasteiger partial charge in [0.2, 0.25) is 0 Å². The number of aryl methyl sites for hydroxylation is 2. The van der Waals surface area contributed by atoms with E-state index in [0.717, 1.165) is 37.9 Å². The number of allylic oxidation sites excluding steroid dienone is 2. The molecule has 0 aliphatic heterocycles. The van der Waals surface area contributed by atoms with E-state index in [1.807, 2.05) is 6.08 Å². The molecule has 108 valence electrons. The topological polar surface area (TPSA) is 34.4 Å². The van der Waals surface area contributed by atoms with E-state index in [4.69, 9.17) is 0 Å². The van der Waals surface area contributed by atoms with Crippen LogP contribution in [0.1, 0.15) is 38.7 Å². The van der Waals surface area contributed by atoms with E-state index in [9.17, 15) is 4.79 Å². The van der Waals surface area contributed by atoms with E-state index >= 15 is 0 Å². The normalized spacial score (nSPS) is 19.6. The van der Waals surface area contributed by atoms with E-state index in [0.29, 0.717) is 12.3 Å². The number of rotatable bonds is 6. The maximum atomic E-state index is 11.8. The van der Waals surface area contributed by atoms with Crippen LogP contribution in [0.4, 0.5) is 0 Å². The van der Waals surface area contributed by atoms with Crippen molar-refractivity contribution >= 4 is 12.0 Å². The highest BCUT2D eigenvalue weighted by atomic mass is 16.1. The Morgan fingerprint density at radius 2 is 2.35 bits per heavy atom. The van der Waals surface area contributed by atoms with Crippen LogP contribution in [0.25, 0.3) is 0 Å². The lowest BCUT2D eigenvalue weighted by molar-refractivity contribution is -0.116. The molecule has 1 aliphatic carbocycles. The van der Waals surface area contributed by atoms with Crippen LogP contribution < -0.4 is 0 Å². The molecule has 0 amide bonds. The number of carbonyl (C=O) groups excluding carboxylic acids is 1.